The predicted molar refractivity (Wildman–Crippen MR) is 78.5 cm³/mol. The van der Waals surface area contributed by atoms with Crippen molar-refractivity contribution in [1.29, 1.82) is 0 Å². The zero-order valence-electron chi connectivity index (χ0n) is 11.4. The molecule has 3 heterocycles. The quantitative estimate of drug-likeness (QED) is 0.918. The second kappa shape index (κ2) is 6.09. The van der Waals surface area contributed by atoms with Gasteiger partial charge in [0.15, 0.2) is 0 Å². The second-order valence-corrected chi connectivity index (χ2v) is 6.12. The van der Waals surface area contributed by atoms with Gasteiger partial charge in [0.25, 0.3) is 0 Å². The van der Waals surface area contributed by atoms with Gasteiger partial charge in [-0.15, -0.1) is 0 Å². The van der Waals surface area contributed by atoms with E-state index in [1.165, 1.54) is 24.1 Å². The molecule has 5 heteroatoms. The van der Waals surface area contributed by atoms with Crippen molar-refractivity contribution >= 4 is 17.6 Å². The smallest absolute Gasteiger partial charge is 0.134 e. The summed E-state index contributed by atoms with van der Waals surface area (Å²) in [5, 5.41) is 3.38. The minimum Gasteiger partial charge on any atom is -0.378 e. The number of hydrogen-bond donors (Lipinski definition) is 1. The molecule has 0 aliphatic carbocycles. The Hall–Kier alpha value is -0.810. The molecule has 0 radical (unpaired) electrons. The van der Waals surface area contributed by atoms with E-state index >= 15 is 0 Å². The van der Waals surface area contributed by atoms with Gasteiger partial charge in [-0.2, -0.15) is 11.8 Å². The van der Waals surface area contributed by atoms with Crippen molar-refractivity contribution in [1.82, 2.24) is 9.97 Å². The molecule has 4 nitrogen and oxygen atoms in total. The predicted octanol–water partition coefficient (Wildman–Crippen LogP) is 2.77. The highest BCUT2D eigenvalue weighted by Crippen LogP contribution is 2.33. The van der Waals surface area contributed by atoms with Crippen LogP contribution in [0.15, 0.2) is 0 Å². The average molecular weight is 279 g/mol. The first-order valence-corrected chi connectivity index (χ1v) is 8.34. The average Bonchev–Trinajstić information content (AvgIpc) is 2.89. The molecule has 1 saturated heterocycles. The number of nitrogens with zero attached hydrogens (tertiary/aromatic N) is 2. The van der Waals surface area contributed by atoms with Gasteiger partial charge in [0.1, 0.15) is 11.6 Å². The molecule has 0 aromatic carbocycles. The molecule has 19 heavy (non-hydrogen) atoms. The second-order valence-electron chi connectivity index (χ2n) is 5.13. The van der Waals surface area contributed by atoms with Crippen LogP contribution in [0.1, 0.15) is 43.3 Å². The van der Waals surface area contributed by atoms with Crippen molar-refractivity contribution in [3.8, 4) is 0 Å². The molecule has 1 aromatic rings. The Morgan fingerprint density at radius 3 is 3.05 bits per heavy atom. The normalized spacial score (nSPS) is 22.3. The van der Waals surface area contributed by atoms with Gasteiger partial charge in [0, 0.05) is 36.6 Å². The van der Waals surface area contributed by atoms with Crippen molar-refractivity contribution < 1.29 is 4.74 Å². The molecule has 1 aromatic heterocycles. The molecule has 1 unspecified atom stereocenters. The lowest BCUT2D eigenvalue weighted by Gasteiger charge is -2.22. The standard InChI is InChI=1S/C14H21N3OS/c1-2-15-14-11-8-19-9-12(11)16-13(17-14)7-10-5-3-4-6-18-10/h10H,2-9H2,1H3,(H,15,16,17). The number of fused-ring (bicyclic) bond motifs is 1. The monoisotopic (exact) mass is 279 g/mol. The van der Waals surface area contributed by atoms with E-state index in [0.29, 0.717) is 6.10 Å². The molecule has 1 fully saturated rings. The first-order valence-electron chi connectivity index (χ1n) is 7.18. The topological polar surface area (TPSA) is 47.0 Å². The Labute approximate surface area is 118 Å². The van der Waals surface area contributed by atoms with Gasteiger partial charge in [-0.25, -0.2) is 9.97 Å². The van der Waals surface area contributed by atoms with E-state index in [2.05, 4.69) is 12.2 Å². The molecule has 0 bridgehead atoms. The van der Waals surface area contributed by atoms with E-state index in [9.17, 15) is 0 Å². The SMILES string of the molecule is CCNc1nc(CC2CCCCO2)nc2c1CSC2. The van der Waals surface area contributed by atoms with Crippen LogP contribution in [0, 0.1) is 0 Å². The van der Waals surface area contributed by atoms with Crippen LogP contribution >= 0.6 is 11.8 Å². The fourth-order valence-electron chi connectivity index (χ4n) is 2.68. The van der Waals surface area contributed by atoms with Gasteiger partial charge < -0.3 is 10.1 Å². The van der Waals surface area contributed by atoms with Crippen LogP contribution in [0.2, 0.25) is 0 Å². The minimum absolute atomic E-state index is 0.315. The summed E-state index contributed by atoms with van der Waals surface area (Å²) in [4.78, 5) is 9.45. The molecule has 1 atom stereocenters. The maximum absolute atomic E-state index is 5.80. The van der Waals surface area contributed by atoms with Crippen molar-refractivity contribution in [2.45, 2.75) is 50.2 Å². The Morgan fingerprint density at radius 2 is 2.26 bits per heavy atom. The Bertz CT molecular complexity index is 447. The molecular formula is C14H21N3OS. The van der Waals surface area contributed by atoms with E-state index < -0.39 is 0 Å². The molecule has 0 saturated carbocycles. The van der Waals surface area contributed by atoms with E-state index in [1.54, 1.807) is 0 Å². The van der Waals surface area contributed by atoms with Crippen LogP contribution in [0.4, 0.5) is 5.82 Å². The van der Waals surface area contributed by atoms with Gasteiger partial charge in [-0.1, -0.05) is 0 Å². The highest BCUT2D eigenvalue weighted by atomic mass is 32.2. The largest absolute Gasteiger partial charge is 0.378 e. The van der Waals surface area contributed by atoms with Gasteiger partial charge in [0.2, 0.25) is 0 Å². The number of aromatic nitrogens is 2. The summed E-state index contributed by atoms with van der Waals surface area (Å²) < 4.78 is 5.80. The van der Waals surface area contributed by atoms with Crippen LogP contribution in [-0.4, -0.2) is 29.2 Å². The van der Waals surface area contributed by atoms with Crippen molar-refractivity contribution in [2.24, 2.45) is 0 Å². The van der Waals surface area contributed by atoms with Crippen molar-refractivity contribution in [3.05, 3.63) is 17.1 Å². The van der Waals surface area contributed by atoms with Crippen LogP contribution in [-0.2, 0) is 22.7 Å². The first-order chi connectivity index (χ1) is 9.36. The number of thioether (sulfide) groups is 1. The van der Waals surface area contributed by atoms with E-state index in [4.69, 9.17) is 14.7 Å². The lowest BCUT2D eigenvalue weighted by Crippen LogP contribution is -2.23. The first kappa shape index (κ1) is 13.2. The summed E-state index contributed by atoms with van der Waals surface area (Å²) in [6.07, 6.45) is 4.78. The highest BCUT2D eigenvalue weighted by Gasteiger charge is 2.22. The third kappa shape index (κ3) is 3.03. The lowest BCUT2D eigenvalue weighted by atomic mass is 10.1. The number of rotatable bonds is 4. The molecule has 0 spiro atoms. The summed E-state index contributed by atoms with van der Waals surface area (Å²) in [5.74, 6) is 4.06. The van der Waals surface area contributed by atoms with Gasteiger partial charge >= 0.3 is 0 Å². The molecule has 0 amide bonds. The molecule has 3 rings (SSSR count). The Kier molecular flexibility index (Phi) is 4.23. The van der Waals surface area contributed by atoms with E-state index in [0.717, 1.165) is 49.1 Å². The molecular weight excluding hydrogens is 258 g/mol. The number of anilines is 1. The minimum atomic E-state index is 0.315. The van der Waals surface area contributed by atoms with Gasteiger partial charge in [0.05, 0.1) is 11.8 Å². The maximum Gasteiger partial charge on any atom is 0.134 e. The van der Waals surface area contributed by atoms with Crippen LogP contribution in [0.5, 0.6) is 0 Å². The van der Waals surface area contributed by atoms with Crippen molar-refractivity contribution in [2.75, 3.05) is 18.5 Å². The zero-order valence-corrected chi connectivity index (χ0v) is 12.3. The molecule has 2 aliphatic rings. The number of ether oxygens (including phenoxy) is 1. The molecule has 104 valence electrons. The summed E-state index contributed by atoms with van der Waals surface area (Å²) >= 11 is 1.92. The Morgan fingerprint density at radius 1 is 1.32 bits per heavy atom. The maximum atomic E-state index is 5.80. The summed E-state index contributed by atoms with van der Waals surface area (Å²) in [5.41, 5.74) is 2.53. The third-order valence-electron chi connectivity index (χ3n) is 3.65. The lowest BCUT2D eigenvalue weighted by molar-refractivity contribution is 0.0156. The van der Waals surface area contributed by atoms with Crippen LogP contribution < -0.4 is 5.32 Å². The summed E-state index contributed by atoms with van der Waals surface area (Å²) in [6, 6.07) is 0. The van der Waals surface area contributed by atoms with Gasteiger partial charge in [-0.05, 0) is 26.2 Å². The van der Waals surface area contributed by atoms with E-state index in [1.807, 2.05) is 11.8 Å². The fraction of sp³-hybridized carbons (Fsp3) is 0.714. The fourth-order valence-corrected chi connectivity index (χ4v) is 3.72. The number of hydrogen-bond acceptors (Lipinski definition) is 5. The third-order valence-corrected chi connectivity index (χ3v) is 4.62. The molecule has 1 N–H and O–H groups in total. The van der Waals surface area contributed by atoms with Crippen LogP contribution in [0.25, 0.3) is 0 Å². The summed E-state index contributed by atoms with van der Waals surface area (Å²) in [6.45, 7) is 3.92. The zero-order chi connectivity index (χ0) is 13.1. The van der Waals surface area contributed by atoms with E-state index in [-0.39, 0.29) is 0 Å². The highest BCUT2D eigenvalue weighted by molar-refractivity contribution is 7.98. The van der Waals surface area contributed by atoms with Crippen molar-refractivity contribution in [3.63, 3.8) is 0 Å². The molecule has 2 aliphatic heterocycles. The number of nitrogens with one attached hydrogen (secondary N) is 1. The van der Waals surface area contributed by atoms with Gasteiger partial charge in [-0.3, -0.25) is 0 Å². The Balaban J connectivity index is 1.79. The summed E-state index contributed by atoms with van der Waals surface area (Å²) in [7, 11) is 0. The van der Waals surface area contributed by atoms with Crippen LogP contribution in [0.3, 0.4) is 0 Å².